The fraction of sp³-hybridized carbons (Fsp3) is 0.417. The van der Waals surface area contributed by atoms with Crippen molar-refractivity contribution in [2.45, 2.75) is 26.8 Å². The first-order chi connectivity index (χ1) is 8.47. The maximum atomic E-state index is 11.9. The van der Waals surface area contributed by atoms with Crippen LogP contribution in [0.4, 0.5) is 5.69 Å². The van der Waals surface area contributed by atoms with Crippen LogP contribution < -0.4 is 10.1 Å². The van der Waals surface area contributed by atoms with Gasteiger partial charge in [-0.2, -0.15) is 0 Å². The molecular weight excluding hydrogens is 236 g/mol. The Morgan fingerprint density at radius 2 is 2.17 bits per heavy atom. The Morgan fingerprint density at radius 1 is 1.50 bits per heavy atom. The number of carbonyl (C=O) groups is 1. The molecule has 0 aromatic heterocycles. The standard InChI is InChI=1S/C12H16N2O4/c1-4-18-11-9(12(15)13-8(2)3)6-5-7-10(11)14(16)17/h5-8H,4H2,1-3H3,(H,13,15). The number of nitrogens with one attached hydrogen (secondary N) is 1. The van der Waals surface area contributed by atoms with E-state index in [9.17, 15) is 14.9 Å². The molecule has 0 saturated carbocycles. The van der Waals surface area contributed by atoms with Crippen LogP contribution in [0.15, 0.2) is 18.2 Å². The van der Waals surface area contributed by atoms with Gasteiger partial charge in [0, 0.05) is 12.1 Å². The van der Waals surface area contributed by atoms with E-state index in [0.29, 0.717) is 0 Å². The Labute approximate surface area is 105 Å². The Kier molecular flexibility index (Phi) is 4.65. The molecule has 1 aromatic rings. The number of carbonyl (C=O) groups excluding carboxylic acids is 1. The second kappa shape index (κ2) is 6.00. The van der Waals surface area contributed by atoms with Crippen molar-refractivity contribution < 1.29 is 14.5 Å². The van der Waals surface area contributed by atoms with E-state index in [0.717, 1.165) is 0 Å². The van der Waals surface area contributed by atoms with Crippen molar-refractivity contribution in [2.24, 2.45) is 0 Å². The summed E-state index contributed by atoms with van der Waals surface area (Å²) in [6.07, 6.45) is 0. The second-order valence-corrected chi connectivity index (χ2v) is 3.97. The summed E-state index contributed by atoms with van der Waals surface area (Å²) in [6.45, 7) is 5.60. The molecular formula is C12H16N2O4. The maximum Gasteiger partial charge on any atom is 0.311 e. The Bertz CT molecular complexity index is 457. The number of nitrogens with zero attached hydrogens (tertiary/aromatic N) is 1. The lowest BCUT2D eigenvalue weighted by Gasteiger charge is -2.12. The number of rotatable bonds is 5. The van der Waals surface area contributed by atoms with Crippen LogP contribution in [0, 0.1) is 10.1 Å². The summed E-state index contributed by atoms with van der Waals surface area (Å²) in [5.41, 5.74) is -0.0204. The molecule has 0 fully saturated rings. The van der Waals surface area contributed by atoms with E-state index >= 15 is 0 Å². The summed E-state index contributed by atoms with van der Waals surface area (Å²) in [7, 11) is 0. The first-order valence-electron chi connectivity index (χ1n) is 5.68. The number of benzene rings is 1. The van der Waals surface area contributed by atoms with E-state index in [1.807, 2.05) is 13.8 Å². The molecule has 18 heavy (non-hydrogen) atoms. The number of hydrogen-bond acceptors (Lipinski definition) is 4. The quantitative estimate of drug-likeness (QED) is 0.643. The molecule has 0 bridgehead atoms. The van der Waals surface area contributed by atoms with Crippen LogP contribution in [-0.2, 0) is 0 Å². The molecule has 1 amide bonds. The number of nitro benzene ring substituents is 1. The largest absolute Gasteiger partial charge is 0.487 e. The molecule has 0 radical (unpaired) electrons. The number of hydrogen-bond donors (Lipinski definition) is 1. The first-order valence-corrected chi connectivity index (χ1v) is 5.68. The Balaban J connectivity index is 3.21. The van der Waals surface area contributed by atoms with Crippen LogP contribution in [-0.4, -0.2) is 23.5 Å². The van der Waals surface area contributed by atoms with Gasteiger partial charge in [-0.05, 0) is 26.8 Å². The normalized spacial score (nSPS) is 10.2. The van der Waals surface area contributed by atoms with Crippen molar-refractivity contribution in [1.29, 1.82) is 0 Å². The van der Waals surface area contributed by atoms with Gasteiger partial charge in [0.05, 0.1) is 17.1 Å². The summed E-state index contributed by atoms with van der Waals surface area (Å²) in [4.78, 5) is 22.2. The van der Waals surface area contributed by atoms with Crippen LogP contribution in [0.5, 0.6) is 5.75 Å². The van der Waals surface area contributed by atoms with Crippen molar-refractivity contribution in [1.82, 2.24) is 5.32 Å². The van der Waals surface area contributed by atoms with Crippen molar-refractivity contribution in [3.63, 3.8) is 0 Å². The molecule has 0 spiro atoms. The van der Waals surface area contributed by atoms with Crippen LogP contribution >= 0.6 is 0 Å². The minimum atomic E-state index is -0.558. The molecule has 0 aliphatic heterocycles. The van der Waals surface area contributed by atoms with E-state index in [2.05, 4.69) is 5.32 Å². The lowest BCUT2D eigenvalue weighted by atomic mass is 10.1. The average Bonchev–Trinajstić information content (AvgIpc) is 2.28. The first kappa shape index (κ1) is 14.0. The molecule has 0 aliphatic carbocycles. The molecule has 0 aliphatic rings. The third-order valence-electron chi connectivity index (χ3n) is 2.14. The van der Waals surface area contributed by atoms with Crippen LogP contribution in [0.1, 0.15) is 31.1 Å². The van der Waals surface area contributed by atoms with Gasteiger partial charge in [0.1, 0.15) is 0 Å². The molecule has 1 aromatic carbocycles. The maximum absolute atomic E-state index is 11.9. The zero-order valence-electron chi connectivity index (χ0n) is 10.6. The van der Waals surface area contributed by atoms with Crippen LogP contribution in [0.25, 0.3) is 0 Å². The lowest BCUT2D eigenvalue weighted by molar-refractivity contribution is -0.385. The van der Waals surface area contributed by atoms with E-state index in [4.69, 9.17) is 4.74 Å². The van der Waals surface area contributed by atoms with Gasteiger partial charge in [-0.1, -0.05) is 6.07 Å². The third-order valence-corrected chi connectivity index (χ3v) is 2.14. The van der Waals surface area contributed by atoms with Gasteiger partial charge in [0.2, 0.25) is 5.75 Å². The van der Waals surface area contributed by atoms with Gasteiger partial charge in [0.25, 0.3) is 5.91 Å². The molecule has 0 heterocycles. The highest BCUT2D eigenvalue weighted by Gasteiger charge is 2.23. The predicted octanol–water partition coefficient (Wildman–Crippen LogP) is 2.13. The fourth-order valence-electron chi connectivity index (χ4n) is 1.48. The van der Waals surface area contributed by atoms with Crippen molar-refractivity contribution in [3.8, 4) is 5.75 Å². The second-order valence-electron chi connectivity index (χ2n) is 3.97. The fourth-order valence-corrected chi connectivity index (χ4v) is 1.48. The third kappa shape index (κ3) is 3.19. The predicted molar refractivity (Wildman–Crippen MR) is 66.9 cm³/mol. The van der Waals surface area contributed by atoms with Gasteiger partial charge in [0.15, 0.2) is 0 Å². The highest BCUT2D eigenvalue weighted by Crippen LogP contribution is 2.30. The zero-order valence-corrected chi connectivity index (χ0v) is 10.6. The lowest BCUT2D eigenvalue weighted by Crippen LogP contribution is -2.30. The van der Waals surface area contributed by atoms with Crippen LogP contribution in [0.2, 0.25) is 0 Å². The summed E-state index contributed by atoms with van der Waals surface area (Å²) in [5, 5.41) is 13.6. The smallest absolute Gasteiger partial charge is 0.311 e. The van der Waals surface area contributed by atoms with Gasteiger partial charge in [-0.15, -0.1) is 0 Å². The molecule has 0 atom stereocenters. The zero-order chi connectivity index (χ0) is 13.7. The molecule has 1 N–H and O–H groups in total. The van der Waals surface area contributed by atoms with Crippen molar-refractivity contribution in [2.75, 3.05) is 6.61 Å². The van der Waals surface area contributed by atoms with Crippen molar-refractivity contribution >= 4 is 11.6 Å². The van der Waals surface area contributed by atoms with Gasteiger partial charge < -0.3 is 10.1 Å². The number of nitro groups is 1. The van der Waals surface area contributed by atoms with Crippen LogP contribution in [0.3, 0.4) is 0 Å². The van der Waals surface area contributed by atoms with Crippen molar-refractivity contribution in [3.05, 3.63) is 33.9 Å². The molecule has 0 saturated heterocycles. The van der Waals surface area contributed by atoms with E-state index < -0.39 is 4.92 Å². The average molecular weight is 252 g/mol. The van der Waals surface area contributed by atoms with E-state index in [1.54, 1.807) is 6.92 Å². The molecule has 6 nitrogen and oxygen atoms in total. The summed E-state index contributed by atoms with van der Waals surface area (Å²) in [5.74, 6) is -0.361. The monoisotopic (exact) mass is 252 g/mol. The molecule has 1 rings (SSSR count). The molecule has 0 unspecified atom stereocenters. The van der Waals surface area contributed by atoms with E-state index in [-0.39, 0.29) is 35.6 Å². The molecule has 6 heteroatoms. The minimum absolute atomic E-state index is 0.0168. The highest BCUT2D eigenvalue weighted by molar-refractivity contribution is 5.98. The molecule has 98 valence electrons. The van der Waals surface area contributed by atoms with E-state index in [1.165, 1.54) is 18.2 Å². The van der Waals surface area contributed by atoms with Gasteiger partial charge in [-0.25, -0.2) is 0 Å². The number of para-hydroxylation sites is 1. The number of amides is 1. The number of ether oxygens (including phenoxy) is 1. The Morgan fingerprint density at radius 3 is 2.67 bits per heavy atom. The Hall–Kier alpha value is -2.11. The minimum Gasteiger partial charge on any atom is -0.487 e. The topological polar surface area (TPSA) is 81.5 Å². The summed E-state index contributed by atoms with van der Waals surface area (Å²) < 4.78 is 5.23. The highest BCUT2D eigenvalue weighted by atomic mass is 16.6. The van der Waals surface area contributed by atoms with Gasteiger partial charge >= 0.3 is 5.69 Å². The summed E-state index contributed by atoms with van der Waals surface area (Å²) >= 11 is 0. The SMILES string of the molecule is CCOc1c(C(=O)NC(C)C)cccc1[N+](=O)[O-]. The summed E-state index contributed by atoms with van der Waals surface area (Å²) in [6, 6.07) is 4.24. The van der Waals surface area contributed by atoms with Gasteiger partial charge in [-0.3, -0.25) is 14.9 Å².